The predicted octanol–water partition coefficient (Wildman–Crippen LogP) is 0.816. The quantitative estimate of drug-likeness (QED) is 0.836. The number of carbonyl (C=O) groups excluding carboxylic acids is 1. The van der Waals surface area contributed by atoms with Gasteiger partial charge in [-0.05, 0) is 19.8 Å². The Morgan fingerprint density at radius 2 is 1.95 bits per heavy atom. The van der Waals surface area contributed by atoms with Crippen molar-refractivity contribution in [3.8, 4) is 0 Å². The minimum atomic E-state index is -3.06. The van der Waals surface area contributed by atoms with Gasteiger partial charge in [0.05, 0.1) is 17.0 Å². The molecule has 1 aliphatic rings. The summed E-state index contributed by atoms with van der Waals surface area (Å²) in [6, 6.07) is -0.836. The van der Waals surface area contributed by atoms with Crippen LogP contribution in [0.5, 0.6) is 0 Å². The zero-order valence-corrected chi connectivity index (χ0v) is 13.6. The molecule has 1 saturated heterocycles. The fourth-order valence-electron chi connectivity index (χ4n) is 2.17. The van der Waals surface area contributed by atoms with Crippen molar-refractivity contribution >= 4 is 28.2 Å². The summed E-state index contributed by atoms with van der Waals surface area (Å²) >= 11 is 0. The normalized spacial score (nSPS) is 29.2. The molecule has 0 bridgehead atoms. The van der Waals surface area contributed by atoms with Crippen LogP contribution in [0.3, 0.4) is 0 Å². The second-order valence-electron chi connectivity index (χ2n) is 5.26. The molecule has 0 aromatic heterocycles. The first kappa shape index (κ1) is 18.7. The lowest BCUT2D eigenvalue weighted by Gasteiger charge is -2.39. The molecule has 1 amide bonds. The highest BCUT2D eigenvalue weighted by Crippen LogP contribution is 2.21. The van der Waals surface area contributed by atoms with Gasteiger partial charge in [-0.15, -0.1) is 12.4 Å². The Labute approximate surface area is 122 Å². The van der Waals surface area contributed by atoms with Crippen LogP contribution >= 0.6 is 12.4 Å². The molecule has 0 saturated carbocycles. The van der Waals surface area contributed by atoms with E-state index >= 15 is 0 Å². The summed E-state index contributed by atoms with van der Waals surface area (Å²) in [6.45, 7) is 7.63. The highest BCUT2D eigenvalue weighted by molar-refractivity contribution is 7.92. The molecule has 0 spiro atoms. The van der Waals surface area contributed by atoms with Gasteiger partial charge < -0.3 is 10.6 Å². The third-order valence-corrected chi connectivity index (χ3v) is 6.46. The van der Waals surface area contributed by atoms with Gasteiger partial charge in [0.1, 0.15) is 0 Å². The van der Waals surface area contributed by atoms with E-state index in [1.807, 2.05) is 13.8 Å². The van der Waals surface area contributed by atoms with Crippen LogP contribution in [-0.4, -0.2) is 48.9 Å². The SMILES string of the molecule is CCC(C)C(N)C(=O)N1CCS(=O)(=O)C(C)C1C.Cl. The monoisotopic (exact) mass is 312 g/mol. The van der Waals surface area contributed by atoms with E-state index in [2.05, 4.69) is 0 Å². The number of halogens is 1. The third kappa shape index (κ3) is 3.83. The molecule has 0 aromatic rings. The number of nitrogens with zero attached hydrogens (tertiary/aromatic N) is 1. The summed E-state index contributed by atoms with van der Waals surface area (Å²) in [6.07, 6.45) is 0.836. The molecule has 7 heteroatoms. The lowest BCUT2D eigenvalue weighted by atomic mass is 9.98. The molecule has 4 unspecified atom stereocenters. The van der Waals surface area contributed by atoms with Crippen molar-refractivity contribution < 1.29 is 13.2 Å². The van der Waals surface area contributed by atoms with Crippen LogP contribution in [0, 0.1) is 5.92 Å². The number of carbonyl (C=O) groups is 1. The topological polar surface area (TPSA) is 80.5 Å². The number of hydrogen-bond donors (Lipinski definition) is 1. The van der Waals surface area contributed by atoms with Gasteiger partial charge in [0, 0.05) is 12.6 Å². The van der Waals surface area contributed by atoms with Gasteiger partial charge in [0.15, 0.2) is 9.84 Å². The van der Waals surface area contributed by atoms with Crippen molar-refractivity contribution in [1.29, 1.82) is 0 Å². The molecule has 1 heterocycles. The fourth-order valence-corrected chi connectivity index (χ4v) is 3.74. The van der Waals surface area contributed by atoms with Crippen LogP contribution in [0.15, 0.2) is 0 Å². The number of rotatable bonds is 3. The van der Waals surface area contributed by atoms with Gasteiger partial charge in [0.2, 0.25) is 5.91 Å². The van der Waals surface area contributed by atoms with Gasteiger partial charge >= 0.3 is 0 Å². The Morgan fingerprint density at radius 1 is 1.42 bits per heavy atom. The first-order valence-electron chi connectivity index (χ1n) is 6.50. The molecule has 0 aliphatic carbocycles. The van der Waals surface area contributed by atoms with Crippen LogP contribution in [0.1, 0.15) is 34.1 Å². The molecular formula is C12H25ClN2O3S. The first-order valence-corrected chi connectivity index (χ1v) is 8.21. The van der Waals surface area contributed by atoms with Crippen molar-refractivity contribution in [1.82, 2.24) is 4.90 Å². The predicted molar refractivity (Wildman–Crippen MR) is 79.1 cm³/mol. The molecule has 0 radical (unpaired) electrons. The molecule has 114 valence electrons. The van der Waals surface area contributed by atoms with Crippen molar-refractivity contribution in [3.63, 3.8) is 0 Å². The maximum Gasteiger partial charge on any atom is 0.240 e. The average molecular weight is 313 g/mol. The van der Waals surface area contributed by atoms with Crippen LogP contribution in [0.25, 0.3) is 0 Å². The molecule has 19 heavy (non-hydrogen) atoms. The van der Waals surface area contributed by atoms with E-state index in [0.717, 1.165) is 6.42 Å². The highest BCUT2D eigenvalue weighted by atomic mass is 35.5. The van der Waals surface area contributed by atoms with E-state index in [-0.39, 0.29) is 42.6 Å². The Hall–Kier alpha value is -0.330. The summed E-state index contributed by atoms with van der Waals surface area (Å²) in [4.78, 5) is 13.9. The molecular weight excluding hydrogens is 288 g/mol. The Kier molecular flexibility index (Phi) is 6.78. The van der Waals surface area contributed by atoms with E-state index in [1.54, 1.807) is 18.7 Å². The average Bonchev–Trinajstić information content (AvgIpc) is 2.33. The van der Waals surface area contributed by atoms with E-state index < -0.39 is 21.1 Å². The Bertz CT molecular complexity index is 413. The molecule has 1 rings (SSSR count). The molecule has 4 atom stereocenters. The molecule has 1 aliphatic heterocycles. The van der Waals surface area contributed by atoms with E-state index in [0.29, 0.717) is 0 Å². The van der Waals surface area contributed by atoms with E-state index in [9.17, 15) is 13.2 Å². The van der Waals surface area contributed by atoms with E-state index in [4.69, 9.17) is 5.73 Å². The minimum Gasteiger partial charge on any atom is -0.336 e. The number of hydrogen-bond acceptors (Lipinski definition) is 4. The van der Waals surface area contributed by atoms with Gasteiger partial charge in [0.25, 0.3) is 0 Å². The summed E-state index contributed by atoms with van der Waals surface area (Å²) in [5, 5.41) is -0.515. The third-order valence-electron chi connectivity index (χ3n) is 4.18. The number of nitrogens with two attached hydrogens (primary N) is 1. The van der Waals surface area contributed by atoms with Crippen molar-refractivity contribution in [2.45, 2.75) is 51.4 Å². The zero-order chi connectivity index (χ0) is 14.1. The van der Waals surface area contributed by atoms with Crippen LogP contribution in [0.2, 0.25) is 0 Å². The standard InChI is InChI=1S/C12H24N2O3S.ClH/c1-5-8(2)11(13)12(15)14-6-7-18(16,17)10(4)9(14)3;/h8-11H,5-7,13H2,1-4H3;1H. The second-order valence-corrected chi connectivity index (χ2v) is 7.73. The minimum absolute atomic E-state index is 0. The fraction of sp³-hybridized carbons (Fsp3) is 0.917. The highest BCUT2D eigenvalue weighted by Gasteiger charge is 2.39. The lowest BCUT2D eigenvalue weighted by molar-refractivity contribution is -0.135. The largest absolute Gasteiger partial charge is 0.336 e. The molecule has 0 aromatic carbocycles. The number of sulfone groups is 1. The first-order chi connectivity index (χ1) is 8.22. The smallest absolute Gasteiger partial charge is 0.240 e. The second kappa shape index (κ2) is 6.90. The van der Waals surface area contributed by atoms with Crippen molar-refractivity contribution in [3.05, 3.63) is 0 Å². The zero-order valence-electron chi connectivity index (χ0n) is 12.0. The number of amides is 1. The van der Waals surface area contributed by atoms with Gasteiger partial charge in [-0.1, -0.05) is 20.3 Å². The van der Waals surface area contributed by atoms with Crippen LogP contribution in [-0.2, 0) is 14.6 Å². The molecule has 1 fully saturated rings. The van der Waals surface area contributed by atoms with Crippen LogP contribution < -0.4 is 5.73 Å². The summed E-state index contributed by atoms with van der Waals surface area (Å²) in [7, 11) is -3.06. The molecule has 2 N–H and O–H groups in total. The Balaban J connectivity index is 0.00000324. The maximum absolute atomic E-state index is 12.3. The summed E-state index contributed by atoms with van der Waals surface area (Å²) < 4.78 is 23.5. The molecule has 5 nitrogen and oxygen atoms in total. The summed E-state index contributed by atoms with van der Waals surface area (Å²) in [5.74, 6) is 0.0226. The van der Waals surface area contributed by atoms with Crippen molar-refractivity contribution in [2.24, 2.45) is 11.7 Å². The summed E-state index contributed by atoms with van der Waals surface area (Å²) in [5.41, 5.74) is 5.94. The van der Waals surface area contributed by atoms with Gasteiger partial charge in [-0.3, -0.25) is 4.79 Å². The van der Waals surface area contributed by atoms with Crippen molar-refractivity contribution in [2.75, 3.05) is 12.3 Å². The lowest BCUT2D eigenvalue weighted by Crippen LogP contribution is -2.58. The Morgan fingerprint density at radius 3 is 2.42 bits per heavy atom. The van der Waals surface area contributed by atoms with E-state index in [1.165, 1.54) is 0 Å². The maximum atomic E-state index is 12.3. The van der Waals surface area contributed by atoms with Gasteiger partial charge in [-0.25, -0.2) is 8.42 Å². The van der Waals surface area contributed by atoms with Gasteiger partial charge in [-0.2, -0.15) is 0 Å². The van der Waals surface area contributed by atoms with Crippen LogP contribution in [0.4, 0.5) is 0 Å².